The van der Waals surface area contributed by atoms with Crippen molar-refractivity contribution >= 4 is 11.5 Å². The van der Waals surface area contributed by atoms with E-state index in [1.165, 1.54) is 11.5 Å². The van der Waals surface area contributed by atoms with Crippen molar-refractivity contribution in [1.82, 2.24) is 19.7 Å². The zero-order chi connectivity index (χ0) is 13.5. The summed E-state index contributed by atoms with van der Waals surface area (Å²) in [5.41, 5.74) is 6.80. The highest BCUT2D eigenvalue weighted by Crippen LogP contribution is 2.37. The zero-order valence-corrected chi connectivity index (χ0v) is 11.9. The van der Waals surface area contributed by atoms with Crippen molar-refractivity contribution in [3.63, 3.8) is 0 Å². The molecule has 0 radical (unpaired) electrons. The molecule has 6 nitrogen and oxygen atoms in total. The third kappa shape index (κ3) is 2.28. The van der Waals surface area contributed by atoms with E-state index in [9.17, 15) is 0 Å². The molecule has 3 rings (SSSR count). The summed E-state index contributed by atoms with van der Waals surface area (Å²) in [5, 5.41) is 8.03. The fraction of sp³-hybridized carbons (Fsp3) is 0.667. The summed E-state index contributed by atoms with van der Waals surface area (Å²) in [4.78, 5) is 5.29. The van der Waals surface area contributed by atoms with Gasteiger partial charge >= 0.3 is 0 Å². The predicted molar refractivity (Wildman–Crippen MR) is 71.4 cm³/mol. The summed E-state index contributed by atoms with van der Waals surface area (Å²) in [5.74, 6) is 1.82. The van der Waals surface area contributed by atoms with Crippen LogP contribution in [0.2, 0.25) is 0 Å². The van der Waals surface area contributed by atoms with Gasteiger partial charge in [-0.2, -0.15) is 4.98 Å². The lowest BCUT2D eigenvalue weighted by atomic mass is 9.77. The Balaban J connectivity index is 1.87. The molecular weight excluding hydrogens is 262 g/mol. The fourth-order valence-corrected chi connectivity index (χ4v) is 3.03. The zero-order valence-electron chi connectivity index (χ0n) is 11.1. The molecule has 0 amide bonds. The molecule has 0 saturated heterocycles. The molecular formula is C12H17N5OS. The number of rotatable bonds is 2. The molecule has 2 N–H and O–H groups in total. The summed E-state index contributed by atoms with van der Waals surface area (Å²) in [6, 6.07) is 0. The first-order valence-electron chi connectivity index (χ1n) is 6.51. The lowest BCUT2D eigenvalue weighted by molar-refractivity contribution is 0.230. The van der Waals surface area contributed by atoms with Gasteiger partial charge in [0.15, 0.2) is 5.82 Å². The maximum atomic E-state index is 6.43. The number of nitrogens with zero attached hydrogens (tertiary/aromatic N) is 4. The molecule has 2 aromatic rings. The summed E-state index contributed by atoms with van der Waals surface area (Å²) < 4.78 is 9.20. The lowest BCUT2D eigenvalue weighted by Gasteiger charge is -2.33. The van der Waals surface area contributed by atoms with Crippen molar-refractivity contribution in [2.24, 2.45) is 11.7 Å². The van der Waals surface area contributed by atoms with Gasteiger partial charge < -0.3 is 10.3 Å². The summed E-state index contributed by atoms with van der Waals surface area (Å²) in [6.45, 7) is 4.14. The van der Waals surface area contributed by atoms with Crippen molar-refractivity contribution in [2.45, 2.75) is 45.1 Å². The summed E-state index contributed by atoms with van der Waals surface area (Å²) >= 11 is 1.26. The van der Waals surface area contributed by atoms with Crippen molar-refractivity contribution in [2.75, 3.05) is 0 Å². The van der Waals surface area contributed by atoms with E-state index in [0.717, 1.165) is 42.2 Å². The third-order valence-corrected chi connectivity index (χ3v) is 4.70. The summed E-state index contributed by atoms with van der Waals surface area (Å²) in [6.07, 6.45) is 4.04. The number of hydrogen-bond acceptors (Lipinski definition) is 7. The highest BCUT2D eigenvalue weighted by molar-refractivity contribution is 7.09. The van der Waals surface area contributed by atoms with Gasteiger partial charge in [0, 0.05) is 0 Å². The van der Waals surface area contributed by atoms with E-state index >= 15 is 0 Å². The minimum atomic E-state index is -0.444. The third-order valence-electron chi connectivity index (χ3n) is 3.88. The Kier molecular flexibility index (Phi) is 3.10. The number of aromatic nitrogens is 4. The average Bonchev–Trinajstić information content (AvgIpc) is 3.01. The predicted octanol–water partition coefficient (Wildman–Crippen LogP) is 2.26. The van der Waals surface area contributed by atoms with E-state index in [-0.39, 0.29) is 0 Å². The standard InChI is InChI=1S/C12H17N5OS/c1-7-3-5-12(13,6-4-7)11-14-10(18-16-11)9-8(2)15-17-19-9/h7H,3-6,13H2,1-2H3. The van der Waals surface area contributed by atoms with E-state index in [1.807, 2.05) is 6.92 Å². The normalized spacial score (nSPS) is 27.6. The van der Waals surface area contributed by atoms with E-state index in [4.69, 9.17) is 10.3 Å². The molecule has 1 aliphatic rings. The van der Waals surface area contributed by atoms with Gasteiger partial charge in [0.05, 0.1) is 11.2 Å². The first-order chi connectivity index (χ1) is 9.08. The van der Waals surface area contributed by atoms with Gasteiger partial charge in [0.25, 0.3) is 5.89 Å². The van der Waals surface area contributed by atoms with Crippen LogP contribution in [0.1, 0.15) is 44.1 Å². The quantitative estimate of drug-likeness (QED) is 0.906. The Bertz CT molecular complexity index is 570. The molecule has 0 aliphatic heterocycles. The smallest absolute Gasteiger partial charge is 0.271 e. The maximum Gasteiger partial charge on any atom is 0.271 e. The molecule has 0 atom stereocenters. The number of nitrogens with two attached hydrogens (primary N) is 1. The first kappa shape index (κ1) is 12.7. The van der Waals surface area contributed by atoms with Crippen LogP contribution in [0.5, 0.6) is 0 Å². The summed E-state index contributed by atoms with van der Waals surface area (Å²) in [7, 11) is 0. The second-order valence-corrected chi connectivity index (χ2v) is 6.20. The molecule has 2 aromatic heterocycles. The molecule has 0 unspecified atom stereocenters. The van der Waals surface area contributed by atoms with Crippen LogP contribution in [0.25, 0.3) is 10.8 Å². The maximum absolute atomic E-state index is 6.43. The van der Waals surface area contributed by atoms with Crippen LogP contribution in [-0.2, 0) is 5.54 Å². The van der Waals surface area contributed by atoms with Crippen LogP contribution < -0.4 is 5.73 Å². The Morgan fingerprint density at radius 2 is 2.11 bits per heavy atom. The van der Waals surface area contributed by atoms with Gasteiger partial charge in [0.2, 0.25) is 0 Å². The van der Waals surface area contributed by atoms with Gasteiger partial charge in [-0.25, -0.2) is 0 Å². The molecule has 0 aromatic carbocycles. The van der Waals surface area contributed by atoms with Crippen molar-refractivity contribution < 1.29 is 4.52 Å². The second kappa shape index (κ2) is 4.64. The molecule has 1 aliphatic carbocycles. The fourth-order valence-electron chi connectivity index (χ4n) is 2.45. The minimum Gasteiger partial charge on any atom is -0.333 e. The van der Waals surface area contributed by atoms with Crippen LogP contribution in [0.4, 0.5) is 0 Å². The topological polar surface area (TPSA) is 90.7 Å². The van der Waals surface area contributed by atoms with Crippen molar-refractivity contribution in [3.05, 3.63) is 11.5 Å². The molecule has 0 spiro atoms. The Morgan fingerprint density at radius 3 is 2.74 bits per heavy atom. The molecule has 102 valence electrons. The van der Waals surface area contributed by atoms with Crippen LogP contribution in [0.3, 0.4) is 0 Å². The Morgan fingerprint density at radius 1 is 1.37 bits per heavy atom. The van der Waals surface area contributed by atoms with Crippen LogP contribution in [0, 0.1) is 12.8 Å². The van der Waals surface area contributed by atoms with E-state index < -0.39 is 5.54 Å². The molecule has 1 saturated carbocycles. The highest BCUT2D eigenvalue weighted by Gasteiger charge is 2.36. The molecule has 0 bridgehead atoms. The monoisotopic (exact) mass is 279 g/mol. The van der Waals surface area contributed by atoms with E-state index in [2.05, 4.69) is 26.7 Å². The second-order valence-electron chi connectivity index (χ2n) is 5.45. The molecule has 2 heterocycles. The highest BCUT2D eigenvalue weighted by atomic mass is 32.1. The van der Waals surface area contributed by atoms with Crippen LogP contribution >= 0.6 is 11.5 Å². The Hall–Kier alpha value is -1.34. The van der Waals surface area contributed by atoms with Crippen LogP contribution in [0.15, 0.2) is 4.52 Å². The van der Waals surface area contributed by atoms with Crippen molar-refractivity contribution in [3.8, 4) is 10.8 Å². The van der Waals surface area contributed by atoms with Crippen molar-refractivity contribution in [1.29, 1.82) is 0 Å². The largest absolute Gasteiger partial charge is 0.333 e. The van der Waals surface area contributed by atoms with Gasteiger partial charge in [0.1, 0.15) is 4.88 Å². The number of hydrogen-bond donors (Lipinski definition) is 1. The van der Waals surface area contributed by atoms with Gasteiger partial charge in [-0.3, -0.25) is 0 Å². The van der Waals surface area contributed by atoms with E-state index in [0.29, 0.717) is 11.7 Å². The average molecular weight is 279 g/mol. The molecule has 1 fully saturated rings. The number of aryl methyl sites for hydroxylation is 1. The minimum absolute atomic E-state index is 0.444. The SMILES string of the molecule is Cc1nnsc1-c1nc(C2(N)CCC(C)CC2)no1. The van der Waals surface area contributed by atoms with Gasteiger partial charge in [-0.1, -0.05) is 16.6 Å². The molecule has 7 heteroatoms. The van der Waals surface area contributed by atoms with E-state index in [1.54, 1.807) is 0 Å². The Labute approximate surface area is 115 Å². The first-order valence-corrected chi connectivity index (χ1v) is 7.28. The lowest BCUT2D eigenvalue weighted by Crippen LogP contribution is -2.41. The van der Waals surface area contributed by atoms with Gasteiger partial charge in [-0.15, -0.1) is 5.10 Å². The van der Waals surface area contributed by atoms with Crippen LogP contribution in [-0.4, -0.2) is 19.7 Å². The molecule has 19 heavy (non-hydrogen) atoms. The van der Waals surface area contributed by atoms with Gasteiger partial charge in [-0.05, 0) is 50.1 Å².